The summed E-state index contributed by atoms with van der Waals surface area (Å²) in [5.41, 5.74) is 1.75. The number of carbonyl (C=O) groups excluding carboxylic acids is 2. The average Bonchev–Trinajstić information content (AvgIpc) is 3.09. The quantitative estimate of drug-likeness (QED) is 0.495. The molecule has 0 fully saturated rings. The monoisotopic (exact) mass is 400 g/mol. The largest absolute Gasteiger partial charge is 0.495 e. The number of halogens is 1. The molecule has 0 spiro atoms. The fourth-order valence-electron chi connectivity index (χ4n) is 2.36. The highest BCUT2D eigenvalue weighted by molar-refractivity contribution is 6.32. The van der Waals surface area contributed by atoms with Gasteiger partial charge in [-0.05, 0) is 37.3 Å². The van der Waals surface area contributed by atoms with E-state index >= 15 is 0 Å². The van der Waals surface area contributed by atoms with Crippen molar-refractivity contribution >= 4 is 46.3 Å². The molecular weight excluding hydrogens is 384 g/mol. The second-order valence-electron chi connectivity index (χ2n) is 5.77. The normalized spacial score (nSPS) is 12.1. The van der Waals surface area contributed by atoms with Gasteiger partial charge in [-0.3, -0.25) is 4.79 Å². The Kier molecular flexibility index (Phi) is 5.96. The van der Waals surface area contributed by atoms with Crippen LogP contribution in [0.1, 0.15) is 12.8 Å². The van der Waals surface area contributed by atoms with E-state index in [9.17, 15) is 9.59 Å². The Hall–Kier alpha value is -3.32. The number of para-hydroxylation sites is 2. The maximum absolute atomic E-state index is 12.2. The fraction of sp³-hybridized carbons (Fsp3) is 0.150. The van der Waals surface area contributed by atoms with E-state index in [0.29, 0.717) is 27.6 Å². The van der Waals surface area contributed by atoms with Crippen LogP contribution in [-0.4, -0.2) is 30.1 Å². The van der Waals surface area contributed by atoms with Crippen molar-refractivity contribution in [3.63, 3.8) is 0 Å². The number of rotatable bonds is 6. The van der Waals surface area contributed by atoms with Crippen LogP contribution in [-0.2, 0) is 14.3 Å². The summed E-state index contributed by atoms with van der Waals surface area (Å²) < 4.78 is 15.6. The standard InChI is InChI=1S/C20H17ClN2O5/c1-12(20(25)22-13-7-8-16(26-2)14(21)11-13)27-19(24)10-9-18-23-15-5-3-4-6-17(15)28-18/h3-12H,1-2H3,(H,22,25)/b10-9+/t12-/m1/s1. The first-order valence-electron chi connectivity index (χ1n) is 8.35. The van der Waals surface area contributed by atoms with Crippen LogP contribution in [0.4, 0.5) is 5.69 Å². The van der Waals surface area contributed by atoms with Gasteiger partial charge in [-0.2, -0.15) is 0 Å². The molecule has 8 heteroatoms. The van der Waals surface area contributed by atoms with Gasteiger partial charge in [0.05, 0.1) is 12.1 Å². The van der Waals surface area contributed by atoms with E-state index in [4.69, 9.17) is 25.5 Å². The molecule has 1 amide bonds. The zero-order valence-corrected chi connectivity index (χ0v) is 15.9. The minimum atomic E-state index is -1.01. The molecule has 3 rings (SSSR count). The fourth-order valence-corrected chi connectivity index (χ4v) is 2.61. The molecule has 0 saturated carbocycles. The van der Waals surface area contributed by atoms with Crippen LogP contribution < -0.4 is 10.1 Å². The average molecular weight is 401 g/mol. The molecule has 144 valence electrons. The minimum absolute atomic E-state index is 0.267. The summed E-state index contributed by atoms with van der Waals surface area (Å²) in [6, 6.07) is 12.0. The number of nitrogens with zero attached hydrogens (tertiary/aromatic N) is 1. The van der Waals surface area contributed by atoms with E-state index in [1.165, 1.54) is 20.1 Å². The molecule has 1 atom stereocenters. The van der Waals surface area contributed by atoms with Gasteiger partial charge >= 0.3 is 5.97 Å². The van der Waals surface area contributed by atoms with Crippen molar-refractivity contribution < 1.29 is 23.5 Å². The molecule has 0 aliphatic carbocycles. The van der Waals surface area contributed by atoms with Crippen molar-refractivity contribution in [2.75, 3.05) is 12.4 Å². The molecule has 0 unspecified atom stereocenters. The number of hydrogen-bond acceptors (Lipinski definition) is 6. The van der Waals surface area contributed by atoms with Gasteiger partial charge in [0.1, 0.15) is 11.3 Å². The maximum atomic E-state index is 12.2. The van der Waals surface area contributed by atoms with E-state index in [1.54, 1.807) is 30.3 Å². The van der Waals surface area contributed by atoms with Crippen LogP contribution in [0.5, 0.6) is 5.75 Å². The number of carbonyl (C=O) groups is 2. The van der Waals surface area contributed by atoms with Crippen molar-refractivity contribution in [2.45, 2.75) is 13.0 Å². The highest BCUT2D eigenvalue weighted by Gasteiger charge is 2.17. The summed E-state index contributed by atoms with van der Waals surface area (Å²) in [7, 11) is 1.50. The summed E-state index contributed by atoms with van der Waals surface area (Å²) in [5, 5.41) is 2.97. The van der Waals surface area contributed by atoms with Gasteiger partial charge < -0.3 is 19.2 Å². The maximum Gasteiger partial charge on any atom is 0.331 e. The molecule has 7 nitrogen and oxygen atoms in total. The highest BCUT2D eigenvalue weighted by atomic mass is 35.5. The van der Waals surface area contributed by atoms with E-state index in [2.05, 4.69) is 10.3 Å². The lowest BCUT2D eigenvalue weighted by atomic mass is 10.2. The predicted octanol–water partition coefficient (Wildman–Crippen LogP) is 4.07. The van der Waals surface area contributed by atoms with Crippen LogP contribution in [0.3, 0.4) is 0 Å². The van der Waals surface area contributed by atoms with Crippen LogP contribution in [0.25, 0.3) is 17.2 Å². The summed E-state index contributed by atoms with van der Waals surface area (Å²) >= 11 is 6.02. The van der Waals surface area contributed by atoms with Crippen molar-refractivity contribution in [2.24, 2.45) is 0 Å². The first-order valence-corrected chi connectivity index (χ1v) is 8.72. The number of benzene rings is 2. The highest BCUT2D eigenvalue weighted by Crippen LogP contribution is 2.27. The molecule has 0 bridgehead atoms. The lowest BCUT2D eigenvalue weighted by molar-refractivity contribution is -0.148. The summed E-state index contributed by atoms with van der Waals surface area (Å²) in [6.07, 6.45) is 1.52. The number of aromatic nitrogens is 1. The van der Waals surface area contributed by atoms with Gasteiger partial charge in [0, 0.05) is 17.8 Å². The second-order valence-corrected chi connectivity index (χ2v) is 6.18. The van der Waals surface area contributed by atoms with Gasteiger partial charge in [-0.15, -0.1) is 0 Å². The SMILES string of the molecule is COc1ccc(NC(=O)[C@@H](C)OC(=O)/C=C/c2nc3ccccc3o2)cc1Cl. The van der Waals surface area contributed by atoms with Gasteiger partial charge in [0.25, 0.3) is 5.91 Å². The molecule has 3 aromatic rings. The number of amides is 1. The Morgan fingerprint density at radius 3 is 2.75 bits per heavy atom. The number of esters is 1. The molecule has 2 aromatic carbocycles. The van der Waals surface area contributed by atoms with Crippen molar-refractivity contribution in [3.05, 3.63) is 59.5 Å². The number of ether oxygens (including phenoxy) is 2. The van der Waals surface area contributed by atoms with Crippen LogP contribution in [0, 0.1) is 0 Å². The molecule has 0 aliphatic rings. The number of anilines is 1. The Morgan fingerprint density at radius 1 is 1.25 bits per heavy atom. The molecule has 0 aliphatic heterocycles. The lowest BCUT2D eigenvalue weighted by Gasteiger charge is -2.13. The molecule has 0 saturated heterocycles. The number of oxazole rings is 1. The van der Waals surface area contributed by atoms with Crippen molar-refractivity contribution in [1.82, 2.24) is 4.98 Å². The van der Waals surface area contributed by atoms with Crippen molar-refractivity contribution in [1.29, 1.82) is 0 Å². The first-order chi connectivity index (χ1) is 13.5. The summed E-state index contributed by atoms with van der Waals surface area (Å²) in [6.45, 7) is 1.46. The van der Waals surface area contributed by atoms with Crippen LogP contribution >= 0.6 is 11.6 Å². The lowest BCUT2D eigenvalue weighted by Crippen LogP contribution is -2.29. The summed E-state index contributed by atoms with van der Waals surface area (Å²) in [4.78, 5) is 28.3. The molecule has 1 N–H and O–H groups in total. The van der Waals surface area contributed by atoms with Gasteiger partial charge in [-0.1, -0.05) is 23.7 Å². The third kappa shape index (κ3) is 4.69. The van der Waals surface area contributed by atoms with Gasteiger partial charge in [0.2, 0.25) is 5.89 Å². The van der Waals surface area contributed by atoms with E-state index < -0.39 is 18.0 Å². The Bertz CT molecular complexity index is 1010. The molecule has 28 heavy (non-hydrogen) atoms. The molecular formula is C20H17ClN2O5. The number of fused-ring (bicyclic) bond motifs is 1. The molecule has 1 heterocycles. The van der Waals surface area contributed by atoms with Gasteiger partial charge in [-0.25, -0.2) is 9.78 Å². The zero-order chi connectivity index (χ0) is 20.1. The number of hydrogen-bond donors (Lipinski definition) is 1. The third-order valence-corrected chi connectivity index (χ3v) is 4.05. The van der Waals surface area contributed by atoms with E-state index in [0.717, 1.165) is 6.08 Å². The smallest absolute Gasteiger partial charge is 0.331 e. The predicted molar refractivity (Wildman–Crippen MR) is 105 cm³/mol. The molecule has 0 radical (unpaired) electrons. The summed E-state index contributed by atoms with van der Waals surface area (Å²) in [5.74, 6) is -0.436. The Morgan fingerprint density at radius 2 is 2.04 bits per heavy atom. The van der Waals surface area contributed by atoms with E-state index in [-0.39, 0.29) is 5.89 Å². The topological polar surface area (TPSA) is 90.7 Å². The third-order valence-electron chi connectivity index (χ3n) is 3.75. The number of methoxy groups -OCH3 is 1. The Balaban J connectivity index is 1.57. The first kappa shape index (κ1) is 19.4. The van der Waals surface area contributed by atoms with Crippen molar-refractivity contribution in [3.8, 4) is 5.75 Å². The Labute approximate surface area is 165 Å². The minimum Gasteiger partial charge on any atom is -0.495 e. The zero-order valence-electron chi connectivity index (χ0n) is 15.1. The van der Waals surface area contributed by atoms with Crippen LogP contribution in [0.15, 0.2) is 53.0 Å². The number of nitrogens with one attached hydrogen (secondary N) is 1. The van der Waals surface area contributed by atoms with Crippen LogP contribution in [0.2, 0.25) is 5.02 Å². The second kappa shape index (κ2) is 8.58. The molecule has 1 aromatic heterocycles. The van der Waals surface area contributed by atoms with E-state index in [1.807, 2.05) is 12.1 Å². The van der Waals surface area contributed by atoms with Gasteiger partial charge in [0.15, 0.2) is 11.7 Å².